The maximum atomic E-state index is 11.6. The van der Waals surface area contributed by atoms with Crippen molar-refractivity contribution >= 4 is 15.8 Å². The van der Waals surface area contributed by atoms with Gasteiger partial charge >= 0.3 is 5.97 Å². The fraction of sp³-hybridized carbons (Fsp3) is 0.917. The lowest BCUT2D eigenvalue weighted by atomic mass is 9.92. The smallest absolute Gasteiger partial charge is 0.325 e. The number of hydrogen-bond acceptors (Lipinski definition) is 5. The van der Waals surface area contributed by atoms with E-state index < -0.39 is 21.3 Å². The molecule has 1 saturated carbocycles. The van der Waals surface area contributed by atoms with E-state index in [1.807, 2.05) is 11.8 Å². The van der Waals surface area contributed by atoms with E-state index in [9.17, 15) is 18.3 Å². The molecule has 0 aromatic carbocycles. The van der Waals surface area contributed by atoms with Crippen LogP contribution in [0.3, 0.4) is 0 Å². The van der Waals surface area contributed by atoms with Crippen LogP contribution in [0.1, 0.15) is 19.8 Å². The van der Waals surface area contributed by atoms with Gasteiger partial charge in [0, 0.05) is 19.1 Å². The van der Waals surface area contributed by atoms with Crippen LogP contribution < -0.4 is 5.32 Å². The van der Waals surface area contributed by atoms with E-state index in [1.165, 1.54) is 0 Å². The van der Waals surface area contributed by atoms with Crippen LogP contribution in [0.25, 0.3) is 0 Å². The van der Waals surface area contributed by atoms with E-state index in [2.05, 4.69) is 5.32 Å². The monoisotopic (exact) mass is 290 g/mol. The summed E-state index contributed by atoms with van der Waals surface area (Å²) in [5.74, 6) is -0.433. The molecule has 0 spiro atoms. The number of carbonyl (C=O) groups is 1. The Morgan fingerprint density at radius 3 is 2.53 bits per heavy atom. The second-order valence-electron chi connectivity index (χ2n) is 5.73. The van der Waals surface area contributed by atoms with E-state index in [-0.39, 0.29) is 23.5 Å². The van der Waals surface area contributed by atoms with Crippen LogP contribution in [0, 0.1) is 5.92 Å². The molecule has 1 saturated heterocycles. The number of likely N-dealkylation sites (N-methyl/N-ethyl adjacent to an activating group) is 1. The number of hydrogen-bond donors (Lipinski definition) is 2. The number of carboxylic acid groups (broad SMARTS) is 1. The Morgan fingerprint density at radius 2 is 2.11 bits per heavy atom. The van der Waals surface area contributed by atoms with Gasteiger partial charge in [-0.15, -0.1) is 0 Å². The summed E-state index contributed by atoms with van der Waals surface area (Å²) in [4.78, 5) is 13.6. The Labute approximate surface area is 114 Å². The van der Waals surface area contributed by atoms with Gasteiger partial charge < -0.3 is 10.4 Å². The minimum absolute atomic E-state index is 0.121. The number of aliphatic carboxylic acids is 1. The maximum Gasteiger partial charge on any atom is 0.325 e. The lowest BCUT2D eigenvalue weighted by molar-refractivity contribution is -0.147. The molecule has 7 heteroatoms. The van der Waals surface area contributed by atoms with E-state index in [4.69, 9.17) is 0 Å². The Hall–Kier alpha value is -0.660. The van der Waals surface area contributed by atoms with Crippen molar-refractivity contribution in [1.82, 2.24) is 10.2 Å². The molecule has 0 bridgehead atoms. The molecule has 0 radical (unpaired) electrons. The standard InChI is InChI=1S/C12H22N2O4S/c1-9-7-19(17,18)6-5-14(9)8-12(13-2,11(15)16)10-3-4-10/h9-10,13H,3-8H2,1-2H3,(H,15,16). The highest BCUT2D eigenvalue weighted by molar-refractivity contribution is 7.91. The van der Waals surface area contributed by atoms with Gasteiger partial charge in [-0.3, -0.25) is 9.69 Å². The zero-order valence-corrected chi connectivity index (χ0v) is 12.2. The molecule has 0 aromatic rings. The van der Waals surface area contributed by atoms with Crippen molar-refractivity contribution in [2.45, 2.75) is 31.3 Å². The van der Waals surface area contributed by atoms with Crippen molar-refractivity contribution in [3.05, 3.63) is 0 Å². The number of sulfone groups is 1. The van der Waals surface area contributed by atoms with Crippen LogP contribution in [-0.4, -0.2) is 67.6 Å². The fourth-order valence-electron chi connectivity index (χ4n) is 2.93. The van der Waals surface area contributed by atoms with E-state index in [0.29, 0.717) is 13.1 Å². The Kier molecular flexibility index (Phi) is 3.90. The molecule has 19 heavy (non-hydrogen) atoms. The Morgan fingerprint density at radius 1 is 1.47 bits per heavy atom. The quantitative estimate of drug-likeness (QED) is 0.714. The van der Waals surface area contributed by atoms with Crippen molar-refractivity contribution in [3.8, 4) is 0 Å². The molecule has 1 aliphatic heterocycles. The van der Waals surface area contributed by atoms with Crippen molar-refractivity contribution < 1.29 is 18.3 Å². The third kappa shape index (κ3) is 2.93. The highest BCUT2D eigenvalue weighted by Crippen LogP contribution is 2.40. The maximum absolute atomic E-state index is 11.6. The SMILES string of the molecule is CNC(CN1CCS(=O)(=O)CC1C)(C(=O)O)C1CC1. The second-order valence-corrected chi connectivity index (χ2v) is 7.96. The molecule has 0 amide bonds. The third-order valence-corrected chi connectivity index (χ3v) is 6.16. The van der Waals surface area contributed by atoms with E-state index >= 15 is 0 Å². The van der Waals surface area contributed by atoms with Crippen LogP contribution in [0.5, 0.6) is 0 Å². The fourth-order valence-corrected chi connectivity index (χ4v) is 4.55. The summed E-state index contributed by atoms with van der Waals surface area (Å²) in [6.07, 6.45) is 1.85. The number of rotatable bonds is 5. The summed E-state index contributed by atoms with van der Waals surface area (Å²) in [6, 6.07) is -0.121. The lowest BCUT2D eigenvalue weighted by Gasteiger charge is -2.40. The Bertz CT molecular complexity index is 460. The molecule has 2 atom stereocenters. The number of carboxylic acids is 1. The average Bonchev–Trinajstić information content (AvgIpc) is 3.11. The minimum atomic E-state index is -2.96. The first-order valence-corrected chi connectivity index (χ1v) is 8.49. The first-order valence-electron chi connectivity index (χ1n) is 6.67. The Balaban J connectivity index is 2.12. The van der Waals surface area contributed by atoms with Crippen molar-refractivity contribution in [1.29, 1.82) is 0 Å². The lowest BCUT2D eigenvalue weighted by Crippen LogP contribution is -2.62. The molecule has 0 aromatic heterocycles. The molecule has 2 N–H and O–H groups in total. The molecular formula is C12H22N2O4S. The van der Waals surface area contributed by atoms with Gasteiger partial charge in [0.25, 0.3) is 0 Å². The number of nitrogens with one attached hydrogen (secondary N) is 1. The molecular weight excluding hydrogens is 268 g/mol. The molecule has 6 nitrogen and oxygen atoms in total. The predicted molar refractivity (Wildman–Crippen MR) is 71.8 cm³/mol. The van der Waals surface area contributed by atoms with Gasteiger partial charge in [0.05, 0.1) is 11.5 Å². The minimum Gasteiger partial charge on any atom is -0.480 e. The molecule has 2 rings (SSSR count). The topological polar surface area (TPSA) is 86.7 Å². The normalized spacial score (nSPS) is 30.7. The van der Waals surface area contributed by atoms with Gasteiger partial charge in [-0.25, -0.2) is 8.42 Å². The van der Waals surface area contributed by atoms with Crippen LogP contribution in [0.4, 0.5) is 0 Å². The zero-order chi connectivity index (χ0) is 14.3. The van der Waals surface area contributed by atoms with Gasteiger partial charge in [0.15, 0.2) is 9.84 Å². The summed E-state index contributed by atoms with van der Waals surface area (Å²) in [5, 5.41) is 12.5. The highest BCUT2D eigenvalue weighted by Gasteiger charge is 2.52. The van der Waals surface area contributed by atoms with Gasteiger partial charge in [-0.05, 0) is 32.7 Å². The average molecular weight is 290 g/mol. The molecule has 110 valence electrons. The van der Waals surface area contributed by atoms with Crippen molar-refractivity contribution in [3.63, 3.8) is 0 Å². The van der Waals surface area contributed by atoms with Crippen LogP contribution in [0.2, 0.25) is 0 Å². The first kappa shape index (κ1) is 14.7. The van der Waals surface area contributed by atoms with Crippen molar-refractivity contribution in [2.24, 2.45) is 5.92 Å². The summed E-state index contributed by atoms with van der Waals surface area (Å²) in [6.45, 7) is 2.65. The third-order valence-electron chi connectivity index (χ3n) is 4.36. The molecule has 2 aliphatic rings. The van der Waals surface area contributed by atoms with Crippen LogP contribution in [0.15, 0.2) is 0 Å². The van der Waals surface area contributed by atoms with Gasteiger partial charge in [0.2, 0.25) is 0 Å². The molecule has 1 heterocycles. The summed E-state index contributed by atoms with van der Waals surface area (Å²) in [7, 11) is -1.28. The molecule has 1 aliphatic carbocycles. The van der Waals surface area contributed by atoms with E-state index in [0.717, 1.165) is 12.8 Å². The van der Waals surface area contributed by atoms with Gasteiger partial charge in [-0.2, -0.15) is 0 Å². The number of nitrogens with zero attached hydrogens (tertiary/aromatic N) is 1. The van der Waals surface area contributed by atoms with Crippen LogP contribution >= 0.6 is 0 Å². The molecule has 2 unspecified atom stereocenters. The summed E-state index contributed by atoms with van der Waals surface area (Å²) in [5.41, 5.74) is -0.935. The van der Waals surface area contributed by atoms with Gasteiger partial charge in [0.1, 0.15) is 5.54 Å². The van der Waals surface area contributed by atoms with Gasteiger partial charge in [-0.1, -0.05) is 0 Å². The highest BCUT2D eigenvalue weighted by atomic mass is 32.2. The predicted octanol–water partition coefficient (Wildman–Crippen LogP) is -0.442. The largest absolute Gasteiger partial charge is 0.480 e. The summed E-state index contributed by atoms with van der Waals surface area (Å²) < 4.78 is 23.1. The second kappa shape index (κ2) is 5.03. The van der Waals surface area contributed by atoms with E-state index in [1.54, 1.807) is 7.05 Å². The van der Waals surface area contributed by atoms with Crippen molar-refractivity contribution in [2.75, 3.05) is 31.6 Å². The first-order chi connectivity index (χ1) is 8.81. The summed E-state index contributed by atoms with van der Waals surface area (Å²) >= 11 is 0. The zero-order valence-electron chi connectivity index (χ0n) is 11.4. The van der Waals surface area contributed by atoms with Crippen LogP contribution in [-0.2, 0) is 14.6 Å². The molecule has 2 fully saturated rings.